The van der Waals surface area contributed by atoms with Crippen molar-refractivity contribution < 1.29 is 4.79 Å². The van der Waals surface area contributed by atoms with Gasteiger partial charge in [-0.1, -0.05) is 11.6 Å². The average molecular weight is 283 g/mol. The van der Waals surface area contributed by atoms with Crippen molar-refractivity contribution in [3.8, 4) is 0 Å². The summed E-state index contributed by atoms with van der Waals surface area (Å²) in [7, 11) is 0. The molecule has 0 aliphatic heterocycles. The molecule has 2 aromatic heterocycles. The van der Waals surface area contributed by atoms with Crippen LogP contribution < -0.4 is 11.1 Å². The third kappa shape index (κ3) is 3.41. The van der Waals surface area contributed by atoms with E-state index in [0.29, 0.717) is 6.54 Å². The van der Waals surface area contributed by atoms with Gasteiger partial charge in [0.05, 0.1) is 16.7 Å². The smallest absolute Gasteiger partial charge is 0.271 e. The fourth-order valence-corrected chi connectivity index (χ4v) is 2.45. The van der Waals surface area contributed by atoms with Crippen molar-refractivity contribution in [2.24, 2.45) is 0 Å². The molecule has 0 bridgehead atoms. The molecule has 0 saturated carbocycles. The number of amides is 1. The lowest BCUT2D eigenvalue weighted by Gasteiger charge is -2.03. The SMILES string of the molecule is Nc1cncc(C(=O)NCCc2ccc(Cl)s2)n1. The summed E-state index contributed by atoms with van der Waals surface area (Å²) < 4.78 is 0.748. The van der Waals surface area contributed by atoms with E-state index in [2.05, 4.69) is 15.3 Å². The van der Waals surface area contributed by atoms with Crippen molar-refractivity contribution in [3.05, 3.63) is 39.4 Å². The van der Waals surface area contributed by atoms with Crippen LogP contribution in [-0.4, -0.2) is 22.4 Å². The minimum atomic E-state index is -0.280. The quantitative estimate of drug-likeness (QED) is 0.895. The molecule has 0 fully saturated rings. The highest BCUT2D eigenvalue weighted by Crippen LogP contribution is 2.21. The first-order valence-corrected chi connectivity index (χ1v) is 6.44. The lowest BCUT2D eigenvalue weighted by Crippen LogP contribution is -2.26. The Hall–Kier alpha value is -1.66. The third-order valence-electron chi connectivity index (χ3n) is 2.17. The first kappa shape index (κ1) is 12.8. The molecule has 0 radical (unpaired) electrons. The van der Waals surface area contributed by atoms with Gasteiger partial charge in [0.15, 0.2) is 0 Å². The molecular formula is C11H11ClN4OS. The molecule has 0 saturated heterocycles. The van der Waals surface area contributed by atoms with Gasteiger partial charge in [0, 0.05) is 11.4 Å². The second-order valence-corrected chi connectivity index (χ2v) is 5.34. The van der Waals surface area contributed by atoms with Gasteiger partial charge in [-0.3, -0.25) is 9.78 Å². The number of carbonyl (C=O) groups excluding carboxylic acids is 1. The molecule has 0 aliphatic rings. The van der Waals surface area contributed by atoms with Crippen LogP contribution in [0.5, 0.6) is 0 Å². The van der Waals surface area contributed by atoms with Crippen LogP contribution >= 0.6 is 22.9 Å². The molecule has 1 amide bonds. The zero-order valence-electron chi connectivity index (χ0n) is 9.39. The van der Waals surface area contributed by atoms with Crippen LogP contribution in [0.4, 0.5) is 5.82 Å². The Bertz CT molecular complexity index is 557. The minimum Gasteiger partial charge on any atom is -0.382 e. The normalized spacial score (nSPS) is 10.3. The Morgan fingerprint density at radius 2 is 2.28 bits per heavy atom. The fraction of sp³-hybridized carbons (Fsp3) is 0.182. The van der Waals surface area contributed by atoms with Crippen molar-refractivity contribution in [1.29, 1.82) is 0 Å². The lowest BCUT2D eigenvalue weighted by atomic mass is 10.3. The number of nitrogens with zero attached hydrogens (tertiary/aromatic N) is 2. The summed E-state index contributed by atoms with van der Waals surface area (Å²) in [4.78, 5) is 20.5. The number of rotatable bonds is 4. The second-order valence-electron chi connectivity index (χ2n) is 3.54. The molecule has 0 aromatic carbocycles. The molecule has 0 aliphatic carbocycles. The number of halogens is 1. The molecule has 0 spiro atoms. The zero-order valence-corrected chi connectivity index (χ0v) is 11.0. The molecule has 2 heterocycles. The van der Waals surface area contributed by atoms with Gasteiger partial charge < -0.3 is 11.1 Å². The number of nitrogens with one attached hydrogen (secondary N) is 1. The van der Waals surface area contributed by atoms with Crippen LogP contribution in [0.15, 0.2) is 24.5 Å². The molecule has 3 N–H and O–H groups in total. The Kier molecular flexibility index (Phi) is 4.11. The molecular weight excluding hydrogens is 272 g/mol. The van der Waals surface area contributed by atoms with Gasteiger partial charge in [0.25, 0.3) is 5.91 Å². The summed E-state index contributed by atoms with van der Waals surface area (Å²) in [5, 5.41) is 2.75. The third-order valence-corrected chi connectivity index (χ3v) is 3.46. The van der Waals surface area contributed by atoms with Gasteiger partial charge in [0.2, 0.25) is 0 Å². The summed E-state index contributed by atoms with van der Waals surface area (Å²) in [6.07, 6.45) is 3.51. The summed E-state index contributed by atoms with van der Waals surface area (Å²) in [5.41, 5.74) is 5.67. The molecule has 94 valence electrons. The van der Waals surface area contributed by atoms with Gasteiger partial charge in [-0.25, -0.2) is 4.98 Å². The van der Waals surface area contributed by atoms with Gasteiger partial charge >= 0.3 is 0 Å². The van der Waals surface area contributed by atoms with E-state index in [0.717, 1.165) is 15.6 Å². The van der Waals surface area contributed by atoms with Crippen LogP contribution in [0.25, 0.3) is 0 Å². The number of carbonyl (C=O) groups is 1. The maximum absolute atomic E-state index is 11.7. The number of aromatic nitrogens is 2. The summed E-state index contributed by atoms with van der Waals surface area (Å²) in [6.45, 7) is 0.520. The van der Waals surface area contributed by atoms with Crippen LogP contribution in [-0.2, 0) is 6.42 Å². The van der Waals surface area contributed by atoms with E-state index in [-0.39, 0.29) is 17.4 Å². The maximum Gasteiger partial charge on any atom is 0.271 e. The summed E-state index contributed by atoms with van der Waals surface area (Å²) in [6, 6.07) is 3.78. The predicted molar refractivity (Wildman–Crippen MR) is 71.8 cm³/mol. The van der Waals surface area contributed by atoms with E-state index in [4.69, 9.17) is 17.3 Å². The summed E-state index contributed by atoms with van der Waals surface area (Å²) >= 11 is 7.32. The van der Waals surface area contributed by atoms with Crippen LogP contribution in [0.3, 0.4) is 0 Å². The molecule has 7 heteroatoms. The van der Waals surface area contributed by atoms with Gasteiger partial charge in [-0.05, 0) is 18.6 Å². The highest BCUT2D eigenvalue weighted by molar-refractivity contribution is 7.16. The number of nitrogens with two attached hydrogens (primary N) is 1. The maximum atomic E-state index is 11.7. The Morgan fingerprint density at radius 1 is 1.44 bits per heavy atom. The van der Waals surface area contributed by atoms with Gasteiger partial charge in [-0.15, -0.1) is 11.3 Å². The molecule has 2 aromatic rings. The van der Waals surface area contributed by atoms with E-state index in [1.807, 2.05) is 12.1 Å². The second kappa shape index (κ2) is 5.79. The van der Waals surface area contributed by atoms with Crippen molar-refractivity contribution in [2.75, 3.05) is 12.3 Å². The monoisotopic (exact) mass is 282 g/mol. The number of nitrogen functional groups attached to an aromatic ring is 1. The van der Waals surface area contributed by atoms with Gasteiger partial charge in [0.1, 0.15) is 11.5 Å². The molecule has 18 heavy (non-hydrogen) atoms. The average Bonchev–Trinajstić information content (AvgIpc) is 2.75. The zero-order chi connectivity index (χ0) is 13.0. The van der Waals surface area contributed by atoms with E-state index in [9.17, 15) is 4.79 Å². The van der Waals surface area contributed by atoms with E-state index < -0.39 is 0 Å². The Labute approximate surface area is 113 Å². The highest BCUT2D eigenvalue weighted by atomic mass is 35.5. The van der Waals surface area contributed by atoms with Crippen molar-refractivity contribution >= 4 is 34.7 Å². The number of anilines is 1. The molecule has 5 nitrogen and oxygen atoms in total. The van der Waals surface area contributed by atoms with Crippen molar-refractivity contribution in [2.45, 2.75) is 6.42 Å². The minimum absolute atomic E-state index is 0.221. The van der Waals surface area contributed by atoms with Crippen LogP contribution in [0.1, 0.15) is 15.4 Å². The number of hydrogen-bond acceptors (Lipinski definition) is 5. The van der Waals surface area contributed by atoms with Crippen molar-refractivity contribution in [3.63, 3.8) is 0 Å². The molecule has 0 atom stereocenters. The largest absolute Gasteiger partial charge is 0.382 e. The topological polar surface area (TPSA) is 80.9 Å². The Morgan fingerprint density at radius 3 is 2.94 bits per heavy atom. The predicted octanol–water partition coefficient (Wildman–Crippen LogP) is 1.75. The lowest BCUT2D eigenvalue weighted by molar-refractivity contribution is 0.0949. The van der Waals surface area contributed by atoms with E-state index >= 15 is 0 Å². The molecule has 2 rings (SSSR count). The van der Waals surface area contributed by atoms with E-state index in [1.165, 1.54) is 23.7 Å². The van der Waals surface area contributed by atoms with Crippen LogP contribution in [0, 0.1) is 0 Å². The standard InChI is InChI=1S/C11H11ClN4OS/c12-9-2-1-7(18-9)3-4-15-11(17)8-5-14-6-10(13)16-8/h1-2,5-6H,3-4H2,(H2,13,16)(H,15,17). The van der Waals surface area contributed by atoms with Gasteiger partial charge in [-0.2, -0.15) is 0 Å². The number of thiophene rings is 1. The summed E-state index contributed by atoms with van der Waals surface area (Å²) in [5.74, 6) is -0.0508. The first-order valence-electron chi connectivity index (χ1n) is 5.25. The first-order chi connectivity index (χ1) is 8.65. The highest BCUT2D eigenvalue weighted by Gasteiger charge is 2.07. The fourth-order valence-electron chi connectivity index (χ4n) is 1.37. The van der Waals surface area contributed by atoms with E-state index in [1.54, 1.807) is 0 Å². The number of hydrogen-bond donors (Lipinski definition) is 2. The molecule has 0 unspecified atom stereocenters. The van der Waals surface area contributed by atoms with Crippen molar-refractivity contribution in [1.82, 2.24) is 15.3 Å². The Balaban J connectivity index is 1.85. The van der Waals surface area contributed by atoms with Crippen LogP contribution in [0.2, 0.25) is 4.34 Å².